The maximum atomic E-state index is 9.81. The molecule has 0 fully saturated rings. The van der Waals surface area contributed by atoms with Crippen molar-refractivity contribution < 1.29 is 9.46 Å². The van der Waals surface area contributed by atoms with Gasteiger partial charge in [0.1, 0.15) is 0 Å². The van der Waals surface area contributed by atoms with E-state index in [0.29, 0.717) is 0 Å². The Kier molecular flexibility index (Phi) is 2.89. The van der Waals surface area contributed by atoms with Crippen LogP contribution < -0.4 is 0 Å². The van der Waals surface area contributed by atoms with Crippen molar-refractivity contribution in [1.82, 2.24) is 0 Å². The van der Waals surface area contributed by atoms with Crippen LogP contribution in [0.1, 0.15) is 0 Å². The summed E-state index contributed by atoms with van der Waals surface area (Å²) < 4.78 is 9.58. The Morgan fingerprint density at radius 1 is 2.00 bits per heavy atom. The Bertz CT molecular complexity index is 136. The van der Waals surface area contributed by atoms with Crippen LogP contribution in [0.2, 0.25) is 0 Å². The third kappa shape index (κ3) is 2.55. The smallest absolute Gasteiger partial charge is 0.155 e. The molecule has 0 bridgehead atoms. The van der Waals surface area contributed by atoms with Gasteiger partial charge in [0.15, 0.2) is 0 Å². The predicted molar refractivity (Wildman–Crippen MR) is 28.3 cm³/mol. The molecule has 4 heteroatoms. The highest BCUT2D eigenvalue weighted by Gasteiger charge is 2.15. The molecule has 0 rings (SSSR count). The first-order chi connectivity index (χ1) is 3.18. The molecule has 0 radical (unpaired) electrons. The number of hydrogen-bond donors (Lipinski definition) is 1. The van der Waals surface area contributed by atoms with E-state index >= 15 is 0 Å². The molecule has 0 aliphatic rings. The maximum absolute atomic E-state index is 9.81. The van der Waals surface area contributed by atoms with Crippen molar-refractivity contribution in [2.24, 2.45) is 0 Å². The van der Waals surface area contributed by atoms with Crippen molar-refractivity contribution in [2.45, 2.75) is 0 Å². The molecular weight excluding hydrogens is 134 g/mol. The zero-order valence-electron chi connectivity index (χ0n) is 3.39. The molecular formula is C3H3ClO2P+. The van der Waals surface area contributed by atoms with Crippen LogP contribution in [0.15, 0.2) is 17.1 Å². The lowest BCUT2D eigenvalue weighted by molar-refractivity contribution is 0.511. The molecule has 1 atom stereocenters. The highest BCUT2D eigenvalue weighted by Crippen LogP contribution is 2.28. The molecule has 0 aliphatic heterocycles. The van der Waals surface area contributed by atoms with E-state index in [1.165, 1.54) is 0 Å². The summed E-state index contributed by atoms with van der Waals surface area (Å²) >= 11 is 5.01. The molecule has 2 nitrogen and oxygen atoms in total. The minimum atomic E-state index is -2.40. The highest BCUT2D eigenvalue weighted by atomic mass is 35.5. The average Bonchev–Trinajstić information content (AvgIpc) is 1.65. The number of hydrogen-bond acceptors (Lipinski definition) is 1. The van der Waals surface area contributed by atoms with Gasteiger partial charge in [-0.3, -0.25) is 0 Å². The van der Waals surface area contributed by atoms with Gasteiger partial charge in [-0.05, 0) is 16.2 Å². The molecule has 1 unspecified atom stereocenters. The molecule has 0 aromatic rings. The second-order valence-corrected chi connectivity index (χ2v) is 2.38. The Labute approximate surface area is 47.0 Å². The first-order valence-electron chi connectivity index (χ1n) is 1.40. The molecule has 1 N–H and O–H groups in total. The van der Waals surface area contributed by atoms with Crippen LogP contribution in [0.4, 0.5) is 0 Å². The van der Waals surface area contributed by atoms with E-state index in [-0.39, 0.29) is 4.77 Å². The quantitative estimate of drug-likeness (QED) is 0.440. The van der Waals surface area contributed by atoms with Gasteiger partial charge in [-0.1, -0.05) is 12.3 Å². The van der Waals surface area contributed by atoms with Crippen LogP contribution in [-0.4, -0.2) is 4.89 Å². The summed E-state index contributed by atoms with van der Waals surface area (Å²) in [5.41, 5.74) is 2.06. The Morgan fingerprint density at radius 3 is 2.43 bits per heavy atom. The summed E-state index contributed by atoms with van der Waals surface area (Å²) in [6.45, 7) is 3.04. The average molecular weight is 137 g/mol. The van der Waals surface area contributed by atoms with E-state index in [0.717, 1.165) is 0 Å². The van der Waals surface area contributed by atoms with Gasteiger partial charge in [-0.2, -0.15) is 4.89 Å². The summed E-state index contributed by atoms with van der Waals surface area (Å²) in [6, 6.07) is 0. The van der Waals surface area contributed by atoms with Gasteiger partial charge in [-0.25, -0.2) is 0 Å². The minimum Gasteiger partial charge on any atom is -0.155 e. The first kappa shape index (κ1) is 6.87. The van der Waals surface area contributed by atoms with Gasteiger partial charge in [0.25, 0.3) is 0 Å². The second-order valence-electron chi connectivity index (χ2n) is 0.741. The van der Waals surface area contributed by atoms with Crippen LogP contribution in [-0.2, 0) is 4.57 Å². The van der Waals surface area contributed by atoms with Crippen molar-refractivity contribution in [1.29, 1.82) is 0 Å². The molecule has 0 saturated carbocycles. The molecule has 0 saturated heterocycles. The van der Waals surface area contributed by atoms with Crippen LogP contribution in [0.5, 0.6) is 0 Å². The van der Waals surface area contributed by atoms with Crippen molar-refractivity contribution in [3.63, 3.8) is 0 Å². The number of halogens is 1. The number of rotatable bonds is 1. The Balaban J connectivity index is 4.10. The SMILES string of the molecule is C=C=C(Cl)[P+](=O)O. The summed E-state index contributed by atoms with van der Waals surface area (Å²) in [7, 11) is -2.40. The topological polar surface area (TPSA) is 37.3 Å². The predicted octanol–water partition coefficient (Wildman–Crippen LogP) is 1.59. The van der Waals surface area contributed by atoms with E-state index in [4.69, 9.17) is 16.5 Å². The maximum Gasteiger partial charge on any atom is 0.567 e. The second kappa shape index (κ2) is 2.95. The monoisotopic (exact) mass is 137 g/mol. The standard InChI is InChI=1S/C3H2ClO2P/c1-2-3(4)7(5)6/h1H2/p+1. The van der Waals surface area contributed by atoms with E-state index in [1.807, 2.05) is 0 Å². The van der Waals surface area contributed by atoms with Crippen molar-refractivity contribution >= 4 is 19.6 Å². The van der Waals surface area contributed by atoms with Gasteiger partial charge in [0.2, 0.25) is 0 Å². The van der Waals surface area contributed by atoms with E-state index < -0.39 is 8.03 Å². The largest absolute Gasteiger partial charge is 0.567 e. The zero-order valence-corrected chi connectivity index (χ0v) is 5.04. The summed E-state index contributed by atoms with van der Waals surface area (Å²) in [5.74, 6) is 0. The van der Waals surface area contributed by atoms with Crippen LogP contribution >= 0.6 is 19.6 Å². The van der Waals surface area contributed by atoms with Crippen LogP contribution in [0.25, 0.3) is 0 Å². The molecule has 0 amide bonds. The first-order valence-corrected chi connectivity index (χ1v) is 2.99. The van der Waals surface area contributed by atoms with Gasteiger partial charge in [0, 0.05) is 0 Å². The molecule has 0 aliphatic carbocycles. The minimum absolute atomic E-state index is 0.227. The van der Waals surface area contributed by atoms with E-state index in [2.05, 4.69) is 12.3 Å². The molecule has 38 valence electrons. The lowest BCUT2D eigenvalue weighted by Gasteiger charge is -1.59. The van der Waals surface area contributed by atoms with Crippen molar-refractivity contribution in [2.75, 3.05) is 0 Å². The zero-order chi connectivity index (χ0) is 5.86. The van der Waals surface area contributed by atoms with Crippen molar-refractivity contribution in [3.8, 4) is 0 Å². The summed E-state index contributed by atoms with van der Waals surface area (Å²) in [6.07, 6.45) is 0. The lowest BCUT2D eigenvalue weighted by atomic mass is 11.0. The molecule has 7 heavy (non-hydrogen) atoms. The highest BCUT2D eigenvalue weighted by molar-refractivity contribution is 7.46. The fourth-order valence-electron chi connectivity index (χ4n) is 0.0676. The van der Waals surface area contributed by atoms with E-state index in [1.54, 1.807) is 0 Å². The lowest BCUT2D eigenvalue weighted by Crippen LogP contribution is -1.51. The molecule has 0 aromatic carbocycles. The van der Waals surface area contributed by atoms with Gasteiger partial charge >= 0.3 is 12.8 Å². The van der Waals surface area contributed by atoms with Crippen LogP contribution in [0, 0.1) is 0 Å². The van der Waals surface area contributed by atoms with Crippen molar-refractivity contribution in [3.05, 3.63) is 17.1 Å². The normalized spacial score (nSPS) is 9.71. The Hall–Kier alpha value is -0.130. The molecule has 0 spiro atoms. The third-order valence-corrected chi connectivity index (χ3v) is 1.38. The van der Waals surface area contributed by atoms with E-state index in [9.17, 15) is 4.57 Å². The fourth-order valence-corrected chi connectivity index (χ4v) is 0.203. The third-order valence-electron chi connectivity index (χ3n) is 0.314. The molecule has 0 heterocycles. The fraction of sp³-hybridized carbons (Fsp3) is 0. The van der Waals surface area contributed by atoms with Gasteiger partial charge in [0.05, 0.1) is 0 Å². The van der Waals surface area contributed by atoms with Crippen LogP contribution in [0.3, 0.4) is 0 Å². The summed E-state index contributed by atoms with van der Waals surface area (Å²) in [4.78, 5) is 8.06. The Morgan fingerprint density at radius 2 is 2.43 bits per heavy atom. The summed E-state index contributed by atoms with van der Waals surface area (Å²) in [5, 5.41) is 0. The van der Waals surface area contributed by atoms with Gasteiger partial charge in [-0.15, -0.1) is 0 Å². The molecule has 0 aromatic heterocycles. The van der Waals surface area contributed by atoms with Gasteiger partial charge < -0.3 is 0 Å².